The van der Waals surface area contributed by atoms with Crippen LogP contribution in [0.1, 0.15) is 29.8 Å². The van der Waals surface area contributed by atoms with Crippen molar-refractivity contribution in [3.05, 3.63) is 62.0 Å². The lowest BCUT2D eigenvalue weighted by Crippen LogP contribution is -2.19. The highest BCUT2D eigenvalue weighted by Crippen LogP contribution is 2.42. The molecule has 2 nitrogen and oxygen atoms in total. The molecule has 0 radical (unpaired) electrons. The molecule has 1 unspecified atom stereocenters. The third-order valence-electron chi connectivity index (χ3n) is 3.30. The Kier molecular flexibility index (Phi) is 3.95. The van der Waals surface area contributed by atoms with E-state index in [1.54, 1.807) is 6.07 Å². The largest absolute Gasteiger partial charge is 0.485 e. The molecule has 0 bridgehead atoms. The zero-order valence-corrected chi connectivity index (χ0v) is 13.4. The monoisotopic (exact) mass is 372 g/mol. The zero-order chi connectivity index (χ0) is 14.3. The van der Waals surface area contributed by atoms with Crippen molar-refractivity contribution in [1.29, 1.82) is 0 Å². The summed E-state index contributed by atoms with van der Waals surface area (Å²) in [6, 6.07) is 10.9. The van der Waals surface area contributed by atoms with Gasteiger partial charge in [0.25, 0.3) is 0 Å². The van der Waals surface area contributed by atoms with Gasteiger partial charge in [-0.15, -0.1) is 0 Å². The normalized spacial score (nSPS) is 21.2. The Balaban J connectivity index is 1.98. The number of fused-ring (bicyclic) bond motifs is 1. The first-order chi connectivity index (χ1) is 9.52. The highest BCUT2D eigenvalue weighted by Gasteiger charge is 2.28. The summed E-state index contributed by atoms with van der Waals surface area (Å²) in [5, 5.41) is 11.4. The van der Waals surface area contributed by atoms with Gasteiger partial charge in [0.05, 0.1) is 6.10 Å². The highest BCUT2D eigenvalue weighted by atomic mass is 79.9. The molecule has 1 aliphatic heterocycles. The number of aliphatic hydroxyl groups is 1. The Morgan fingerprint density at radius 3 is 2.50 bits per heavy atom. The van der Waals surface area contributed by atoms with Crippen LogP contribution in [0.15, 0.2) is 40.9 Å². The van der Waals surface area contributed by atoms with E-state index in [4.69, 9.17) is 27.9 Å². The molecule has 0 aliphatic carbocycles. The first-order valence-corrected chi connectivity index (χ1v) is 7.68. The molecule has 1 aliphatic rings. The second kappa shape index (κ2) is 5.57. The van der Waals surface area contributed by atoms with E-state index in [9.17, 15) is 5.11 Å². The summed E-state index contributed by atoms with van der Waals surface area (Å²) in [5.74, 6) is 0.680. The second-order valence-corrected chi connectivity index (χ2v) is 6.53. The van der Waals surface area contributed by atoms with E-state index < -0.39 is 6.10 Å². The fourth-order valence-corrected chi connectivity index (χ4v) is 3.26. The van der Waals surface area contributed by atoms with E-state index in [2.05, 4.69) is 15.9 Å². The molecule has 5 heteroatoms. The van der Waals surface area contributed by atoms with Crippen molar-refractivity contribution in [2.24, 2.45) is 0 Å². The van der Waals surface area contributed by atoms with Crippen molar-refractivity contribution in [2.75, 3.05) is 0 Å². The Hall–Kier alpha value is -0.740. The molecule has 0 spiro atoms. The van der Waals surface area contributed by atoms with Crippen LogP contribution >= 0.6 is 39.1 Å². The van der Waals surface area contributed by atoms with E-state index in [1.807, 2.05) is 30.3 Å². The molecule has 0 saturated heterocycles. The Bertz CT molecular complexity index is 640. The Morgan fingerprint density at radius 2 is 1.80 bits per heavy atom. The molecule has 104 valence electrons. The van der Waals surface area contributed by atoms with Gasteiger partial charge in [-0.1, -0.05) is 45.2 Å². The summed E-state index contributed by atoms with van der Waals surface area (Å²) in [6.45, 7) is 0. The number of ether oxygens (including phenoxy) is 1. The van der Waals surface area contributed by atoms with Crippen LogP contribution in [0.4, 0.5) is 0 Å². The second-order valence-electron chi connectivity index (χ2n) is 4.74. The minimum absolute atomic E-state index is 0.261. The molecule has 2 atom stereocenters. The van der Waals surface area contributed by atoms with E-state index in [-0.39, 0.29) is 6.10 Å². The van der Waals surface area contributed by atoms with Crippen molar-refractivity contribution < 1.29 is 9.84 Å². The van der Waals surface area contributed by atoms with Crippen LogP contribution in [0.25, 0.3) is 0 Å². The third kappa shape index (κ3) is 2.82. The molecule has 0 fully saturated rings. The van der Waals surface area contributed by atoms with Gasteiger partial charge in [0, 0.05) is 26.5 Å². The van der Waals surface area contributed by atoms with E-state index in [1.165, 1.54) is 0 Å². The van der Waals surface area contributed by atoms with Crippen molar-refractivity contribution >= 4 is 39.1 Å². The van der Waals surface area contributed by atoms with Crippen LogP contribution in [0.3, 0.4) is 0 Å². The smallest absolute Gasteiger partial charge is 0.127 e. The van der Waals surface area contributed by atoms with Crippen molar-refractivity contribution in [1.82, 2.24) is 0 Å². The summed E-state index contributed by atoms with van der Waals surface area (Å²) >= 11 is 15.4. The number of rotatable bonds is 1. The molecule has 0 saturated carbocycles. The zero-order valence-electron chi connectivity index (χ0n) is 10.3. The third-order valence-corrected chi connectivity index (χ3v) is 4.23. The Morgan fingerprint density at radius 1 is 1.10 bits per heavy atom. The van der Waals surface area contributed by atoms with Crippen LogP contribution in [0.2, 0.25) is 10.0 Å². The number of hydrogen-bond donors (Lipinski definition) is 1. The average Bonchev–Trinajstić information content (AvgIpc) is 2.36. The van der Waals surface area contributed by atoms with E-state index in [0.29, 0.717) is 22.2 Å². The van der Waals surface area contributed by atoms with Gasteiger partial charge in [-0.3, -0.25) is 0 Å². The number of benzene rings is 2. The van der Waals surface area contributed by atoms with Gasteiger partial charge in [0.2, 0.25) is 0 Å². The first kappa shape index (κ1) is 14.2. The Labute approximate surface area is 135 Å². The molecular formula is C15H11BrCl2O2. The molecule has 1 heterocycles. The molecule has 1 N–H and O–H groups in total. The summed E-state index contributed by atoms with van der Waals surface area (Å²) in [5.41, 5.74) is 1.67. The minimum atomic E-state index is -0.561. The molecule has 20 heavy (non-hydrogen) atoms. The van der Waals surface area contributed by atoms with Gasteiger partial charge < -0.3 is 9.84 Å². The van der Waals surface area contributed by atoms with Crippen LogP contribution < -0.4 is 4.74 Å². The molecule has 3 rings (SSSR count). The van der Waals surface area contributed by atoms with Gasteiger partial charge in [-0.25, -0.2) is 0 Å². The number of halogens is 3. The predicted molar refractivity (Wildman–Crippen MR) is 83.5 cm³/mol. The topological polar surface area (TPSA) is 29.5 Å². The molecular weight excluding hydrogens is 363 g/mol. The van der Waals surface area contributed by atoms with Crippen molar-refractivity contribution in [2.45, 2.75) is 18.6 Å². The molecule has 0 aromatic heterocycles. The quantitative estimate of drug-likeness (QED) is 0.733. The average molecular weight is 374 g/mol. The van der Waals surface area contributed by atoms with Gasteiger partial charge in [-0.2, -0.15) is 0 Å². The maximum Gasteiger partial charge on any atom is 0.127 e. The lowest BCUT2D eigenvalue weighted by molar-refractivity contribution is 0.0657. The van der Waals surface area contributed by atoms with Crippen LogP contribution in [-0.2, 0) is 0 Å². The summed E-state index contributed by atoms with van der Waals surface area (Å²) in [6.07, 6.45) is -0.344. The fraction of sp³-hybridized carbons (Fsp3) is 0.200. The number of hydrogen-bond acceptors (Lipinski definition) is 2. The lowest BCUT2D eigenvalue weighted by Gasteiger charge is -2.30. The van der Waals surface area contributed by atoms with Gasteiger partial charge in [-0.05, 0) is 35.9 Å². The van der Waals surface area contributed by atoms with Crippen molar-refractivity contribution in [3.63, 3.8) is 0 Å². The van der Waals surface area contributed by atoms with Gasteiger partial charge in [0.1, 0.15) is 11.9 Å². The van der Waals surface area contributed by atoms with E-state index >= 15 is 0 Å². The maximum absolute atomic E-state index is 10.3. The predicted octanol–water partition coefficient (Wildman–Crippen LogP) is 5.31. The SMILES string of the molecule is O[C@@H]1CC(c2cc(Cl)cc(Cl)c2)Oc2cc(Br)ccc21. The standard InChI is InChI=1S/C15H11BrCl2O2/c16-9-1-2-12-13(19)7-14(20-15(12)5-9)8-3-10(17)6-11(18)4-8/h1-6,13-14,19H,7H2/t13-,14?/m1/s1. The lowest BCUT2D eigenvalue weighted by atomic mass is 9.95. The van der Waals surface area contributed by atoms with Crippen molar-refractivity contribution in [3.8, 4) is 5.75 Å². The summed E-state index contributed by atoms with van der Waals surface area (Å²) in [7, 11) is 0. The molecule has 0 amide bonds. The van der Waals surface area contributed by atoms with Crippen LogP contribution in [0.5, 0.6) is 5.75 Å². The first-order valence-electron chi connectivity index (χ1n) is 6.13. The summed E-state index contributed by atoms with van der Waals surface area (Å²) < 4.78 is 6.88. The minimum Gasteiger partial charge on any atom is -0.485 e. The molecule has 2 aromatic rings. The van der Waals surface area contributed by atoms with Crippen LogP contribution in [0, 0.1) is 0 Å². The van der Waals surface area contributed by atoms with Gasteiger partial charge in [0.15, 0.2) is 0 Å². The van der Waals surface area contributed by atoms with Gasteiger partial charge >= 0.3 is 0 Å². The fourth-order valence-electron chi connectivity index (χ4n) is 2.38. The van der Waals surface area contributed by atoms with E-state index in [0.717, 1.165) is 15.6 Å². The summed E-state index contributed by atoms with van der Waals surface area (Å²) in [4.78, 5) is 0. The van der Waals surface area contributed by atoms with Crippen LogP contribution in [-0.4, -0.2) is 5.11 Å². The maximum atomic E-state index is 10.3. The molecule has 2 aromatic carbocycles. The highest BCUT2D eigenvalue weighted by molar-refractivity contribution is 9.10. The number of aliphatic hydroxyl groups excluding tert-OH is 1.